The number of carbonyl (C=O) groups excluding carboxylic acids is 2. The van der Waals surface area contributed by atoms with Crippen molar-refractivity contribution in [2.75, 3.05) is 19.8 Å². The molecular weight excluding hydrogens is 255 g/mol. The van der Waals surface area contributed by atoms with Crippen molar-refractivity contribution in [3.05, 3.63) is 0 Å². The Morgan fingerprint density at radius 3 is 2.72 bits per heavy atom. The van der Waals surface area contributed by atoms with Crippen molar-refractivity contribution in [2.24, 2.45) is 5.10 Å². The Labute approximate surface area is 101 Å². The van der Waals surface area contributed by atoms with Gasteiger partial charge in [0.25, 0.3) is 5.91 Å². The van der Waals surface area contributed by atoms with E-state index in [1.807, 2.05) is 0 Å². The number of hydrogen-bond donors (Lipinski definition) is 2. The maximum atomic E-state index is 11.7. The molecule has 1 heterocycles. The fourth-order valence-electron chi connectivity index (χ4n) is 1.16. The number of carbonyl (C=O) groups is 2. The minimum Gasteiger partial charge on any atom is -0.370 e. The lowest BCUT2D eigenvalue weighted by Crippen LogP contribution is -2.38. The van der Waals surface area contributed by atoms with E-state index in [0.29, 0.717) is 0 Å². The summed E-state index contributed by atoms with van der Waals surface area (Å²) in [5.74, 6) is -0.800. The van der Waals surface area contributed by atoms with Gasteiger partial charge in [-0.2, -0.15) is 18.3 Å². The van der Waals surface area contributed by atoms with Crippen molar-refractivity contribution in [3.63, 3.8) is 0 Å². The first-order valence-electron chi connectivity index (χ1n) is 5.16. The second-order valence-corrected chi connectivity index (χ2v) is 3.52. The van der Waals surface area contributed by atoms with Crippen LogP contribution in [0.1, 0.15) is 12.8 Å². The van der Waals surface area contributed by atoms with Crippen LogP contribution in [0.15, 0.2) is 5.10 Å². The first-order valence-corrected chi connectivity index (χ1v) is 5.16. The second-order valence-electron chi connectivity index (χ2n) is 3.52. The zero-order valence-corrected chi connectivity index (χ0v) is 9.34. The molecular formula is C9H12F3N3O3. The van der Waals surface area contributed by atoms with Gasteiger partial charge in [0.1, 0.15) is 12.3 Å². The van der Waals surface area contributed by atoms with E-state index in [1.54, 1.807) is 0 Å². The first kappa shape index (κ1) is 14.4. The van der Waals surface area contributed by atoms with Crippen molar-refractivity contribution < 1.29 is 27.5 Å². The van der Waals surface area contributed by atoms with E-state index in [1.165, 1.54) is 0 Å². The van der Waals surface area contributed by atoms with Gasteiger partial charge in [-0.05, 0) is 0 Å². The summed E-state index contributed by atoms with van der Waals surface area (Å²) in [6.45, 7) is -1.65. The second kappa shape index (κ2) is 6.34. The van der Waals surface area contributed by atoms with E-state index in [2.05, 4.69) is 20.6 Å². The minimum absolute atomic E-state index is 0.0537. The van der Waals surface area contributed by atoms with E-state index in [0.717, 1.165) is 0 Å². The van der Waals surface area contributed by atoms with Crippen LogP contribution in [0.5, 0.6) is 0 Å². The highest BCUT2D eigenvalue weighted by Crippen LogP contribution is 2.13. The molecule has 1 aliphatic rings. The van der Waals surface area contributed by atoms with Crippen LogP contribution in [0.25, 0.3) is 0 Å². The molecule has 2 N–H and O–H groups in total. The van der Waals surface area contributed by atoms with Crippen molar-refractivity contribution >= 4 is 17.5 Å². The van der Waals surface area contributed by atoms with Crippen molar-refractivity contribution in [1.82, 2.24) is 10.7 Å². The molecule has 0 aromatic heterocycles. The SMILES string of the molecule is O=C1CCC(C(=O)NCCOCC(F)(F)F)=NN1. The summed E-state index contributed by atoms with van der Waals surface area (Å²) >= 11 is 0. The maximum absolute atomic E-state index is 11.7. The van der Waals surface area contributed by atoms with Crippen LogP contribution >= 0.6 is 0 Å². The monoisotopic (exact) mass is 267 g/mol. The average molecular weight is 267 g/mol. The van der Waals surface area contributed by atoms with Gasteiger partial charge >= 0.3 is 6.18 Å². The van der Waals surface area contributed by atoms with Crippen LogP contribution in [0.4, 0.5) is 13.2 Å². The van der Waals surface area contributed by atoms with E-state index in [4.69, 9.17) is 0 Å². The summed E-state index contributed by atoms with van der Waals surface area (Å²) in [7, 11) is 0. The number of nitrogens with zero attached hydrogens (tertiary/aromatic N) is 1. The molecule has 6 nitrogen and oxygen atoms in total. The minimum atomic E-state index is -4.37. The molecule has 0 fully saturated rings. The third-order valence-electron chi connectivity index (χ3n) is 1.96. The summed E-state index contributed by atoms with van der Waals surface area (Å²) in [4.78, 5) is 22.1. The average Bonchev–Trinajstić information content (AvgIpc) is 2.27. The summed E-state index contributed by atoms with van der Waals surface area (Å²) in [5.41, 5.74) is 2.29. The Morgan fingerprint density at radius 2 is 2.17 bits per heavy atom. The van der Waals surface area contributed by atoms with Crippen LogP contribution in [-0.2, 0) is 14.3 Å². The van der Waals surface area contributed by atoms with Gasteiger partial charge < -0.3 is 10.1 Å². The third-order valence-corrected chi connectivity index (χ3v) is 1.96. The molecule has 2 amide bonds. The van der Waals surface area contributed by atoms with Gasteiger partial charge in [0.05, 0.1) is 6.61 Å². The Morgan fingerprint density at radius 1 is 1.44 bits per heavy atom. The molecule has 0 bridgehead atoms. The molecule has 1 aliphatic heterocycles. The molecule has 0 spiro atoms. The van der Waals surface area contributed by atoms with Gasteiger partial charge in [-0.3, -0.25) is 9.59 Å². The molecule has 0 atom stereocenters. The van der Waals surface area contributed by atoms with Gasteiger partial charge in [0, 0.05) is 19.4 Å². The highest BCUT2D eigenvalue weighted by molar-refractivity contribution is 6.39. The standard InChI is InChI=1S/C9H12F3N3O3/c10-9(11,12)5-18-4-3-13-8(17)6-1-2-7(16)15-14-6/h1-5H2,(H,13,17)(H,15,16). The lowest BCUT2D eigenvalue weighted by molar-refractivity contribution is -0.173. The highest BCUT2D eigenvalue weighted by Gasteiger charge is 2.27. The van der Waals surface area contributed by atoms with Crippen molar-refractivity contribution in [2.45, 2.75) is 19.0 Å². The summed E-state index contributed by atoms with van der Waals surface area (Å²) in [6, 6.07) is 0. The third kappa shape index (κ3) is 5.62. The molecule has 0 aromatic rings. The largest absolute Gasteiger partial charge is 0.411 e. The van der Waals surface area contributed by atoms with Crippen molar-refractivity contribution in [3.8, 4) is 0 Å². The number of rotatable bonds is 5. The predicted octanol–water partition coefficient (Wildman–Crippen LogP) is -0.0525. The topological polar surface area (TPSA) is 79.8 Å². The van der Waals surface area contributed by atoms with Gasteiger partial charge in [-0.15, -0.1) is 0 Å². The van der Waals surface area contributed by atoms with Gasteiger partial charge in [0.15, 0.2) is 0 Å². The molecule has 102 valence electrons. The van der Waals surface area contributed by atoms with Crippen LogP contribution in [0.2, 0.25) is 0 Å². The summed E-state index contributed by atoms with van der Waals surface area (Å²) < 4.78 is 39.4. The zero-order chi connectivity index (χ0) is 13.6. The molecule has 0 saturated carbocycles. The number of halogens is 3. The Hall–Kier alpha value is -1.64. The summed E-state index contributed by atoms with van der Waals surface area (Å²) in [5, 5.41) is 5.87. The quantitative estimate of drug-likeness (QED) is 0.685. The van der Waals surface area contributed by atoms with Crippen LogP contribution in [-0.4, -0.2) is 43.5 Å². The first-order chi connectivity index (χ1) is 8.38. The van der Waals surface area contributed by atoms with Crippen LogP contribution < -0.4 is 10.7 Å². The van der Waals surface area contributed by atoms with E-state index in [9.17, 15) is 22.8 Å². The Balaban J connectivity index is 2.16. The summed E-state index contributed by atoms with van der Waals surface area (Å²) in [6.07, 6.45) is -4.00. The normalized spacial score (nSPS) is 15.9. The van der Waals surface area contributed by atoms with Gasteiger partial charge in [-0.1, -0.05) is 0 Å². The van der Waals surface area contributed by atoms with E-state index >= 15 is 0 Å². The number of ether oxygens (including phenoxy) is 1. The number of amides is 2. The number of hydrogen-bond acceptors (Lipinski definition) is 4. The van der Waals surface area contributed by atoms with Gasteiger partial charge in [0.2, 0.25) is 5.91 Å². The molecule has 18 heavy (non-hydrogen) atoms. The van der Waals surface area contributed by atoms with Crippen LogP contribution in [0.3, 0.4) is 0 Å². The smallest absolute Gasteiger partial charge is 0.370 e. The van der Waals surface area contributed by atoms with Crippen LogP contribution in [0, 0.1) is 0 Å². The Bertz CT molecular complexity index is 355. The molecule has 0 radical (unpaired) electrons. The molecule has 1 rings (SSSR count). The number of nitrogens with one attached hydrogen (secondary N) is 2. The molecule has 9 heteroatoms. The lowest BCUT2D eigenvalue weighted by atomic mass is 10.1. The molecule has 0 aliphatic carbocycles. The fourth-order valence-corrected chi connectivity index (χ4v) is 1.16. The molecule has 0 aromatic carbocycles. The Kier molecular flexibility index (Phi) is 5.08. The zero-order valence-electron chi connectivity index (χ0n) is 9.34. The highest BCUT2D eigenvalue weighted by atomic mass is 19.4. The van der Waals surface area contributed by atoms with E-state index < -0.39 is 18.7 Å². The molecule has 0 unspecified atom stereocenters. The van der Waals surface area contributed by atoms with Crippen molar-refractivity contribution in [1.29, 1.82) is 0 Å². The number of hydrazone groups is 1. The molecule has 0 saturated heterocycles. The van der Waals surface area contributed by atoms with Gasteiger partial charge in [-0.25, -0.2) is 5.43 Å². The number of alkyl halides is 3. The fraction of sp³-hybridized carbons (Fsp3) is 0.667. The predicted molar refractivity (Wildman–Crippen MR) is 54.7 cm³/mol. The maximum Gasteiger partial charge on any atom is 0.411 e. The van der Waals surface area contributed by atoms with E-state index in [-0.39, 0.29) is 37.6 Å². The lowest BCUT2D eigenvalue weighted by Gasteiger charge is -2.12.